The van der Waals surface area contributed by atoms with Gasteiger partial charge in [-0.05, 0) is 26.3 Å². The summed E-state index contributed by atoms with van der Waals surface area (Å²) >= 11 is 0. The molecule has 6 nitrogen and oxygen atoms in total. The first kappa shape index (κ1) is 14.9. The van der Waals surface area contributed by atoms with E-state index in [9.17, 15) is 0 Å². The number of aryl methyl sites for hydroxylation is 2. The summed E-state index contributed by atoms with van der Waals surface area (Å²) in [5.74, 6) is 0.495. The average Bonchev–Trinajstić information content (AvgIpc) is 3.20. The largest absolute Gasteiger partial charge is 0.337 e. The Morgan fingerprint density at radius 3 is 2.83 bits per heavy atom. The zero-order valence-electron chi connectivity index (χ0n) is 14.2. The summed E-state index contributed by atoms with van der Waals surface area (Å²) in [5.41, 5.74) is 4.13. The van der Waals surface area contributed by atoms with Gasteiger partial charge in [-0.1, -0.05) is 0 Å². The van der Waals surface area contributed by atoms with Crippen LogP contribution in [-0.4, -0.2) is 50.4 Å². The van der Waals surface area contributed by atoms with Crippen molar-refractivity contribution in [1.29, 1.82) is 0 Å². The van der Waals surface area contributed by atoms with Crippen LogP contribution in [0.3, 0.4) is 0 Å². The van der Waals surface area contributed by atoms with Crippen LogP contribution in [0, 0.1) is 0 Å². The lowest BCUT2D eigenvalue weighted by Gasteiger charge is -2.29. The van der Waals surface area contributed by atoms with Crippen LogP contribution < -0.4 is 5.32 Å². The van der Waals surface area contributed by atoms with Crippen LogP contribution in [-0.2, 0) is 20.5 Å². The van der Waals surface area contributed by atoms with E-state index in [1.807, 2.05) is 17.2 Å². The maximum absolute atomic E-state index is 4.47. The first-order valence-electron chi connectivity index (χ1n) is 8.55. The lowest BCUT2D eigenvalue weighted by Crippen LogP contribution is -2.39. The molecule has 23 heavy (non-hydrogen) atoms. The van der Waals surface area contributed by atoms with Crippen molar-refractivity contribution in [2.75, 3.05) is 20.1 Å². The standard InChI is InChI=1S/C17H26N6/c1-21-9-13(17-8-18-11-22(17)2)15(10-21)20-14-5-4-6-16-12(14)7-19-23(16)3/h7-8,11,13-15,20H,4-6,9-10H2,1-3H3/t13-,14?,15-/m1/s1. The molecule has 2 aromatic heterocycles. The topological polar surface area (TPSA) is 50.9 Å². The van der Waals surface area contributed by atoms with Gasteiger partial charge in [0.1, 0.15) is 0 Å². The zero-order valence-corrected chi connectivity index (χ0v) is 14.2. The smallest absolute Gasteiger partial charge is 0.0945 e. The van der Waals surface area contributed by atoms with Gasteiger partial charge in [0.05, 0.1) is 12.5 Å². The maximum atomic E-state index is 4.47. The molecule has 4 rings (SSSR count). The van der Waals surface area contributed by atoms with Crippen LogP contribution in [0.5, 0.6) is 0 Å². The van der Waals surface area contributed by atoms with Crippen molar-refractivity contribution < 1.29 is 0 Å². The monoisotopic (exact) mass is 314 g/mol. The molecule has 1 N–H and O–H groups in total. The Labute approximate surface area is 137 Å². The minimum absolute atomic E-state index is 0.430. The quantitative estimate of drug-likeness (QED) is 0.925. The molecule has 1 fully saturated rings. The first-order valence-corrected chi connectivity index (χ1v) is 8.55. The molecule has 1 saturated heterocycles. The van der Waals surface area contributed by atoms with Crippen LogP contribution in [0.4, 0.5) is 0 Å². The van der Waals surface area contributed by atoms with Crippen molar-refractivity contribution in [3.05, 3.63) is 35.7 Å². The van der Waals surface area contributed by atoms with Gasteiger partial charge in [0.25, 0.3) is 0 Å². The third-order valence-electron chi connectivity index (χ3n) is 5.53. The molecule has 1 aliphatic heterocycles. The van der Waals surface area contributed by atoms with Gasteiger partial charge in [0, 0.05) is 68.3 Å². The van der Waals surface area contributed by atoms with E-state index >= 15 is 0 Å². The Kier molecular flexibility index (Phi) is 3.73. The van der Waals surface area contributed by atoms with Crippen molar-refractivity contribution in [3.8, 4) is 0 Å². The van der Waals surface area contributed by atoms with Gasteiger partial charge in [0.2, 0.25) is 0 Å². The Morgan fingerprint density at radius 1 is 1.17 bits per heavy atom. The normalized spacial score (nSPS) is 28.2. The predicted octanol–water partition coefficient (Wildman–Crippen LogP) is 1.22. The van der Waals surface area contributed by atoms with E-state index in [0.717, 1.165) is 19.5 Å². The van der Waals surface area contributed by atoms with Gasteiger partial charge >= 0.3 is 0 Å². The molecular formula is C17H26N6. The third kappa shape index (κ3) is 2.60. The maximum Gasteiger partial charge on any atom is 0.0945 e. The van der Waals surface area contributed by atoms with Crippen LogP contribution in [0.15, 0.2) is 18.7 Å². The van der Waals surface area contributed by atoms with Crippen molar-refractivity contribution >= 4 is 0 Å². The van der Waals surface area contributed by atoms with Gasteiger partial charge in [-0.2, -0.15) is 5.10 Å². The first-order chi connectivity index (χ1) is 11.1. The van der Waals surface area contributed by atoms with E-state index in [2.05, 4.69) is 52.2 Å². The minimum atomic E-state index is 0.430. The molecule has 6 heteroatoms. The Bertz CT molecular complexity index is 687. The van der Waals surface area contributed by atoms with E-state index in [0.29, 0.717) is 18.0 Å². The zero-order chi connectivity index (χ0) is 16.0. The number of fused-ring (bicyclic) bond motifs is 1. The molecule has 0 saturated carbocycles. The number of nitrogens with zero attached hydrogens (tertiary/aromatic N) is 5. The van der Waals surface area contributed by atoms with Crippen molar-refractivity contribution in [2.24, 2.45) is 14.1 Å². The van der Waals surface area contributed by atoms with Gasteiger partial charge < -0.3 is 14.8 Å². The number of likely N-dealkylation sites (tertiary alicyclic amines) is 1. The van der Waals surface area contributed by atoms with Gasteiger partial charge in [-0.25, -0.2) is 4.98 Å². The molecule has 1 unspecified atom stereocenters. The van der Waals surface area contributed by atoms with Crippen molar-refractivity contribution in [3.63, 3.8) is 0 Å². The van der Waals surface area contributed by atoms with E-state index in [1.54, 1.807) is 0 Å². The SMILES string of the molecule is CN1C[C@@H](NC2CCCc3c2cnn3C)[C@H](c2cncn2C)C1. The Balaban J connectivity index is 1.57. The van der Waals surface area contributed by atoms with Crippen LogP contribution >= 0.6 is 0 Å². The van der Waals surface area contributed by atoms with Gasteiger partial charge in [-0.3, -0.25) is 4.68 Å². The number of imidazole rings is 1. The molecule has 0 spiro atoms. The van der Waals surface area contributed by atoms with Crippen LogP contribution in [0.25, 0.3) is 0 Å². The van der Waals surface area contributed by atoms with Crippen LogP contribution in [0.2, 0.25) is 0 Å². The molecule has 3 heterocycles. The Hall–Kier alpha value is -1.66. The summed E-state index contributed by atoms with van der Waals surface area (Å²) in [6.07, 6.45) is 9.59. The third-order valence-corrected chi connectivity index (χ3v) is 5.53. The van der Waals surface area contributed by atoms with Crippen molar-refractivity contribution in [1.82, 2.24) is 29.5 Å². The van der Waals surface area contributed by atoms with E-state index in [-0.39, 0.29) is 0 Å². The summed E-state index contributed by atoms with van der Waals surface area (Å²) in [7, 11) is 6.36. The Morgan fingerprint density at radius 2 is 2.04 bits per heavy atom. The molecule has 0 aromatic carbocycles. The molecular weight excluding hydrogens is 288 g/mol. The van der Waals surface area contributed by atoms with E-state index in [4.69, 9.17) is 0 Å². The highest BCUT2D eigenvalue weighted by Gasteiger charge is 2.36. The number of aromatic nitrogens is 4. The molecule has 3 atom stereocenters. The molecule has 0 radical (unpaired) electrons. The fraction of sp³-hybridized carbons (Fsp3) is 0.647. The lowest BCUT2D eigenvalue weighted by molar-refractivity contribution is 0.361. The number of rotatable bonds is 3. The predicted molar refractivity (Wildman–Crippen MR) is 89.3 cm³/mol. The fourth-order valence-electron chi connectivity index (χ4n) is 4.33. The van der Waals surface area contributed by atoms with E-state index in [1.165, 1.54) is 29.8 Å². The molecule has 2 aromatic rings. The fourth-order valence-corrected chi connectivity index (χ4v) is 4.33. The summed E-state index contributed by atoms with van der Waals surface area (Å²) < 4.78 is 4.21. The molecule has 0 amide bonds. The molecule has 0 bridgehead atoms. The number of hydrogen-bond acceptors (Lipinski definition) is 4. The second-order valence-corrected chi connectivity index (χ2v) is 7.15. The van der Waals surface area contributed by atoms with Crippen LogP contribution in [0.1, 0.15) is 41.8 Å². The molecule has 124 valence electrons. The summed E-state index contributed by atoms with van der Waals surface area (Å²) in [6.45, 7) is 2.17. The highest BCUT2D eigenvalue weighted by atomic mass is 15.3. The number of hydrogen-bond donors (Lipinski definition) is 1. The van der Waals surface area contributed by atoms with Crippen molar-refractivity contribution in [2.45, 2.75) is 37.3 Å². The lowest BCUT2D eigenvalue weighted by atomic mass is 9.90. The average molecular weight is 314 g/mol. The molecule has 1 aliphatic carbocycles. The van der Waals surface area contributed by atoms with E-state index < -0.39 is 0 Å². The van der Waals surface area contributed by atoms with Gasteiger partial charge in [-0.15, -0.1) is 0 Å². The second kappa shape index (κ2) is 5.76. The number of likely N-dealkylation sites (N-methyl/N-ethyl adjacent to an activating group) is 1. The summed E-state index contributed by atoms with van der Waals surface area (Å²) in [4.78, 5) is 6.73. The highest BCUT2D eigenvalue weighted by Crippen LogP contribution is 2.33. The highest BCUT2D eigenvalue weighted by molar-refractivity contribution is 5.25. The van der Waals surface area contributed by atoms with Gasteiger partial charge in [0.15, 0.2) is 0 Å². The summed E-state index contributed by atoms with van der Waals surface area (Å²) in [5, 5.41) is 8.42. The molecule has 2 aliphatic rings. The minimum Gasteiger partial charge on any atom is -0.337 e. The summed E-state index contributed by atoms with van der Waals surface area (Å²) in [6, 6.07) is 0.895. The number of nitrogens with one attached hydrogen (secondary N) is 1. The second-order valence-electron chi connectivity index (χ2n) is 7.15.